The summed E-state index contributed by atoms with van der Waals surface area (Å²) in [5.41, 5.74) is -0.859. The highest BCUT2D eigenvalue weighted by Gasteiger charge is 2.47. The lowest BCUT2D eigenvalue weighted by molar-refractivity contribution is 0.572. The Morgan fingerprint density at radius 1 is 1.60 bits per heavy atom. The predicted molar refractivity (Wildman–Crippen MR) is 59.9 cm³/mol. The number of thiophene rings is 1. The zero-order valence-electron chi connectivity index (χ0n) is 7.53. The zero-order chi connectivity index (χ0) is 11.1. The molecule has 1 saturated carbocycles. The number of rotatable bonds is 3. The molecule has 2 rings (SSSR count). The van der Waals surface area contributed by atoms with Crippen molar-refractivity contribution in [1.29, 1.82) is 5.26 Å². The molecule has 1 aromatic rings. The summed E-state index contributed by atoms with van der Waals surface area (Å²) in [4.78, 5) is 0. The Labute approximate surface area is 100 Å². The first-order chi connectivity index (χ1) is 6.99. The summed E-state index contributed by atoms with van der Waals surface area (Å²) in [5.74, 6) is 0. The van der Waals surface area contributed by atoms with Crippen molar-refractivity contribution in [3.05, 3.63) is 15.9 Å². The molecule has 0 unspecified atom stereocenters. The zero-order valence-corrected chi connectivity index (χ0v) is 10.7. The average molecular weight is 307 g/mol. The molecule has 0 bridgehead atoms. The van der Waals surface area contributed by atoms with Crippen LogP contribution in [0.4, 0.5) is 0 Å². The second-order valence-corrected chi connectivity index (χ2v) is 7.00. The maximum atomic E-state index is 11.8. The molecule has 4 nitrogen and oxygen atoms in total. The van der Waals surface area contributed by atoms with Crippen LogP contribution in [0.1, 0.15) is 12.8 Å². The number of nitrogens with one attached hydrogen (secondary N) is 1. The summed E-state index contributed by atoms with van der Waals surface area (Å²) < 4.78 is 26.9. The van der Waals surface area contributed by atoms with Crippen LogP contribution < -0.4 is 4.72 Å². The topological polar surface area (TPSA) is 70.0 Å². The standard InChI is InChI=1S/C8H7BrN2O2S2/c9-6-1-4-14-7(6)15(12,13)11-8(5-10)2-3-8/h1,4,11H,2-3H2. The molecule has 1 heterocycles. The quantitative estimate of drug-likeness (QED) is 0.926. The Bertz CT molecular complexity index is 525. The highest BCUT2D eigenvalue weighted by molar-refractivity contribution is 9.10. The summed E-state index contributed by atoms with van der Waals surface area (Å²) in [6.45, 7) is 0. The Hall–Kier alpha value is -0.420. The Morgan fingerprint density at radius 3 is 2.67 bits per heavy atom. The van der Waals surface area contributed by atoms with Crippen molar-refractivity contribution in [3.8, 4) is 6.07 Å². The van der Waals surface area contributed by atoms with Crippen molar-refractivity contribution in [2.45, 2.75) is 22.6 Å². The van der Waals surface area contributed by atoms with Crippen LogP contribution in [-0.2, 0) is 10.0 Å². The number of nitriles is 1. The molecule has 0 atom stereocenters. The third-order valence-electron chi connectivity index (χ3n) is 2.12. The van der Waals surface area contributed by atoms with Crippen LogP contribution in [0.3, 0.4) is 0 Å². The number of nitrogens with zero attached hydrogens (tertiary/aromatic N) is 1. The van der Waals surface area contributed by atoms with Gasteiger partial charge in [-0.1, -0.05) is 0 Å². The molecule has 0 amide bonds. The van der Waals surface area contributed by atoms with E-state index in [0.29, 0.717) is 17.3 Å². The van der Waals surface area contributed by atoms with E-state index in [9.17, 15) is 8.42 Å². The Kier molecular flexibility index (Phi) is 2.63. The molecule has 1 N–H and O–H groups in total. The number of halogens is 1. The molecule has 1 aliphatic carbocycles. The Morgan fingerprint density at radius 2 is 2.27 bits per heavy atom. The van der Waals surface area contributed by atoms with Crippen molar-refractivity contribution in [1.82, 2.24) is 4.72 Å². The predicted octanol–water partition coefficient (Wildman–Crippen LogP) is 1.85. The summed E-state index contributed by atoms with van der Waals surface area (Å²) in [5, 5.41) is 10.5. The van der Waals surface area contributed by atoms with Gasteiger partial charge in [-0.25, -0.2) is 8.42 Å². The van der Waals surface area contributed by atoms with Crippen molar-refractivity contribution >= 4 is 37.3 Å². The molecule has 0 radical (unpaired) electrons. The van der Waals surface area contributed by atoms with Gasteiger partial charge in [0, 0.05) is 4.47 Å². The van der Waals surface area contributed by atoms with E-state index in [1.165, 1.54) is 0 Å². The van der Waals surface area contributed by atoms with Gasteiger partial charge < -0.3 is 0 Å². The Balaban J connectivity index is 2.30. The molecule has 80 valence electrons. The van der Waals surface area contributed by atoms with Gasteiger partial charge in [-0.15, -0.1) is 11.3 Å². The SMILES string of the molecule is N#CC1(NS(=O)(=O)c2sccc2Br)CC1. The summed E-state index contributed by atoms with van der Waals surface area (Å²) in [7, 11) is -3.56. The second-order valence-electron chi connectivity index (χ2n) is 3.36. The summed E-state index contributed by atoms with van der Waals surface area (Å²) in [6.07, 6.45) is 1.18. The van der Waals surface area contributed by atoms with Crippen LogP contribution in [0.25, 0.3) is 0 Å². The monoisotopic (exact) mass is 306 g/mol. The molecule has 15 heavy (non-hydrogen) atoms. The van der Waals surface area contributed by atoms with Crippen LogP contribution >= 0.6 is 27.3 Å². The fourth-order valence-electron chi connectivity index (χ4n) is 1.14. The van der Waals surface area contributed by atoms with Crippen LogP contribution in [0, 0.1) is 11.3 Å². The van der Waals surface area contributed by atoms with Gasteiger partial charge >= 0.3 is 0 Å². The van der Waals surface area contributed by atoms with E-state index in [2.05, 4.69) is 20.7 Å². The van der Waals surface area contributed by atoms with E-state index in [4.69, 9.17) is 5.26 Å². The largest absolute Gasteiger partial charge is 0.252 e. The molecule has 0 aliphatic heterocycles. The van der Waals surface area contributed by atoms with Crippen molar-refractivity contribution in [3.63, 3.8) is 0 Å². The van der Waals surface area contributed by atoms with Crippen LogP contribution in [0.2, 0.25) is 0 Å². The van der Waals surface area contributed by atoms with E-state index < -0.39 is 15.6 Å². The molecule has 0 aromatic carbocycles. The van der Waals surface area contributed by atoms with Gasteiger partial charge in [0.15, 0.2) is 0 Å². The van der Waals surface area contributed by atoms with Crippen LogP contribution in [0.15, 0.2) is 20.1 Å². The first-order valence-electron chi connectivity index (χ1n) is 4.17. The minimum Gasteiger partial charge on any atom is -0.206 e. The second kappa shape index (κ2) is 3.56. The van der Waals surface area contributed by atoms with Crippen molar-refractivity contribution in [2.24, 2.45) is 0 Å². The van der Waals surface area contributed by atoms with Gasteiger partial charge in [0.05, 0.1) is 6.07 Å². The molecule has 1 fully saturated rings. The van der Waals surface area contributed by atoms with Crippen molar-refractivity contribution < 1.29 is 8.42 Å². The van der Waals surface area contributed by atoms with E-state index >= 15 is 0 Å². The molecule has 1 aliphatic rings. The lowest BCUT2D eigenvalue weighted by Gasteiger charge is -2.08. The van der Waals surface area contributed by atoms with Gasteiger partial charge in [-0.2, -0.15) is 9.98 Å². The normalized spacial score (nSPS) is 18.4. The molecule has 0 saturated heterocycles. The summed E-state index contributed by atoms with van der Waals surface area (Å²) in [6, 6.07) is 3.66. The van der Waals surface area contributed by atoms with Gasteiger partial charge in [0.1, 0.15) is 9.75 Å². The fraction of sp³-hybridized carbons (Fsp3) is 0.375. The third kappa shape index (κ3) is 2.08. The number of sulfonamides is 1. The maximum absolute atomic E-state index is 11.8. The third-order valence-corrected chi connectivity index (χ3v) is 6.33. The first-order valence-corrected chi connectivity index (χ1v) is 7.33. The molecular weight excluding hydrogens is 300 g/mol. The van der Waals surface area contributed by atoms with Gasteiger partial charge in [-0.3, -0.25) is 0 Å². The maximum Gasteiger partial charge on any atom is 0.252 e. The van der Waals surface area contributed by atoms with E-state index in [1.807, 2.05) is 6.07 Å². The number of hydrogen-bond donors (Lipinski definition) is 1. The number of hydrogen-bond acceptors (Lipinski definition) is 4. The molecule has 1 aromatic heterocycles. The minimum absolute atomic E-state index is 0.226. The first kappa shape index (κ1) is 11.1. The van der Waals surface area contributed by atoms with E-state index in [-0.39, 0.29) is 4.21 Å². The smallest absolute Gasteiger partial charge is 0.206 e. The average Bonchev–Trinajstić information content (AvgIpc) is 2.78. The summed E-state index contributed by atoms with van der Waals surface area (Å²) >= 11 is 4.29. The lowest BCUT2D eigenvalue weighted by Crippen LogP contribution is -2.35. The molecule has 0 spiro atoms. The van der Waals surface area contributed by atoms with Crippen LogP contribution in [0.5, 0.6) is 0 Å². The molecule has 7 heteroatoms. The van der Waals surface area contributed by atoms with E-state index in [1.54, 1.807) is 11.4 Å². The lowest BCUT2D eigenvalue weighted by atomic mass is 10.3. The van der Waals surface area contributed by atoms with Crippen LogP contribution in [-0.4, -0.2) is 14.0 Å². The highest BCUT2D eigenvalue weighted by atomic mass is 79.9. The van der Waals surface area contributed by atoms with Gasteiger partial charge in [-0.05, 0) is 40.2 Å². The van der Waals surface area contributed by atoms with Crippen molar-refractivity contribution in [2.75, 3.05) is 0 Å². The molecular formula is C8H7BrN2O2S2. The highest BCUT2D eigenvalue weighted by Crippen LogP contribution is 2.37. The minimum atomic E-state index is -3.56. The fourth-order valence-corrected chi connectivity index (χ4v) is 4.85. The van der Waals surface area contributed by atoms with E-state index in [0.717, 1.165) is 11.3 Å². The van der Waals surface area contributed by atoms with Gasteiger partial charge in [0.25, 0.3) is 10.0 Å². The van der Waals surface area contributed by atoms with Gasteiger partial charge in [0.2, 0.25) is 0 Å².